The molecule has 3 heteroatoms. The molecule has 21 heavy (non-hydrogen) atoms. The predicted molar refractivity (Wildman–Crippen MR) is 82.1 cm³/mol. The molecule has 0 heterocycles. The minimum atomic E-state index is 0.135. The van der Waals surface area contributed by atoms with Gasteiger partial charge in [0, 0.05) is 0 Å². The molecule has 0 atom stereocenters. The first kappa shape index (κ1) is 14.5. The van der Waals surface area contributed by atoms with Crippen LogP contribution in [-0.2, 0) is 0 Å². The number of carbonyl (C=O) groups excluding carboxylic acids is 1. The van der Waals surface area contributed by atoms with Gasteiger partial charge >= 0.3 is 0 Å². The van der Waals surface area contributed by atoms with E-state index in [-0.39, 0.29) is 6.61 Å². The van der Waals surface area contributed by atoms with Crippen molar-refractivity contribution in [3.8, 4) is 11.8 Å². The van der Waals surface area contributed by atoms with Crippen molar-refractivity contribution in [2.24, 2.45) is 0 Å². The number of ether oxygens (including phenoxy) is 1. The fourth-order valence-corrected chi connectivity index (χ4v) is 1.91. The lowest BCUT2D eigenvalue weighted by molar-refractivity contribution is 0.112. The number of carbonyl (C=O) groups is 1. The topological polar surface area (TPSA) is 50.1 Å². The molecule has 104 valence electrons. The minimum absolute atomic E-state index is 0.135. The fraction of sp³-hybridized carbons (Fsp3) is 0.111. The van der Waals surface area contributed by atoms with Gasteiger partial charge in [0.2, 0.25) is 0 Å². The molecule has 0 aliphatic carbocycles. The third-order valence-corrected chi connectivity index (χ3v) is 3.09. The monoisotopic (exact) mass is 277 g/mol. The molecule has 0 fully saturated rings. The van der Waals surface area contributed by atoms with Crippen molar-refractivity contribution in [2.45, 2.75) is 6.92 Å². The lowest BCUT2D eigenvalue weighted by Gasteiger charge is -2.07. The first-order valence-electron chi connectivity index (χ1n) is 6.58. The maximum Gasteiger partial charge on any atom is 0.153 e. The number of benzene rings is 2. The standard InChI is InChI=1S/C18H15NO2/c1-14-6-2-3-7-16(14)10-15(11-19)13-21-18-9-5-4-8-17(18)12-20/h2-10,12H,13H2,1H3/b15-10+. The number of aldehydes is 1. The average molecular weight is 277 g/mol. The van der Waals surface area contributed by atoms with E-state index in [4.69, 9.17) is 4.74 Å². The van der Waals surface area contributed by atoms with Gasteiger partial charge < -0.3 is 4.74 Å². The zero-order valence-corrected chi connectivity index (χ0v) is 11.7. The summed E-state index contributed by atoms with van der Waals surface area (Å²) in [5.74, 6) is 0.485. The summed E-state index contributed by atoms with van der Waals surface area (Å²) < 4.78 is 5.57. The number of para-hydroxylation sites is 1. The molecule has 3 nitrogen and oxygen atoms in total. The van der Waals surface area contributed by atoms with E-state index >= 15 is 0 Å². The Kier molecular flexibility index (Phi) is 4.89. The summed E-state index contributed by atoms with van der Waals surface area (Å²) in [6.07, 6.45) is 2.55. The van der Waals surface area contributed by atoms with Crippen LogP contribution < -0.4 is 4.74 Å². The van der Waals surface area contributed by atoms with Gasteiger partial charge in [-0.25, -0.2) is 0 Å². The fourth-order valence-electron chi connectivity index (χ4n) is 1.91. The summed E-state index contributed by atoms with van der Waals surface area (Å²) in [5, 5.41) is 9.21. The Labute approximate surface area is 124 Å². The lowest BCUT2D eigenvalue weighted by Crippen LogP contribution is -2.02. The van der Waals surface area contributed by atoms with Gasteiger partial charge in [-0.3, -0.25) is 4.79 Å². The second kappa shape index (κ2) is 7.06. The summed E-state index contributed by atoms with van der Waals surface area (Å²) in [4.78, 5) is 10.9. The number of hydrogen-bond acceptors (Lipinski definition) is 3. The average Bonchev–Trinajstić information content (AvgIpc) is 2.53. The van der Waals surface area contributed by atoms with E-state index in [1.165, 1.54) is 0 Å². The molecular weight excluding hydrogens is 262 g/mol. The van der Waals surface area contributed by atoms with Gasteiger partial charge in [-0.1, -0.05) is 36.4 Å². The van der Waals surface area contributed by atoms with Crippen molar-refractivity contribution in [1.29, 1.82) is 5.26 Å². The largest absolute Gasteiger partial charge is 0.487 e. The van der Waals surface area contributed by atoms with Crippen molar-refractivity contribution < 1.29 is 9.53 Å². The van der Waals surface area contributed by atoms with Gasteiger partial charge in [0.1, 0.15) is 12.4 Å². The Morgan fingerprint density at radius 2 is 1.81 bits per heavy atom. The first-order chi connectivity index (χ1) is 10.2. The molecule has 2 aromatic carbocycles. The zero-order chi connectivity index (χ0) is 15.1. The third kappa shape index (κ3) is 3.80. The molecule has 0 unspecified atom stereocenters. The zero-order valence-electron chi connectivity index (χ0n) is 11.7. The molecule has 2 aromatic rings. The van der Waals surface area contributed by atoms with Gasteiger partial charge in [0.05, 0.1) is 17.2 Å². The van der Waals surface area contributed by atoms with Crippen molar-refractivity contribution >= 4 is 12.4 Å². The van der Waals surface area contributed by atoms with Crippen LogP contribution in [0.4, 0.5) is 0 Å². The Morgan fingerprint density at radius 1 is 1.14 bits per heavy atom. The highest BCUT2D eigenvalue weighted by Gasteiger charge is 2.04. The predicted octanol–water partition coefficient (Wildman–Crippen LogP) is 3.79. The van der Waals surface area contributed by atoms with Crippen molar-refractivity contribution in [1.82, 2.24) is 0 Å². The van der Waals surface area contributed by atoms with Gasteiger partial charge in [0.25, 0.3) is 0 Å². The maximum atomic E-state index is 10.9. The van der Waals surface area contributed by atoms with E-state index in [2.05, 4.69) is 6.07 Å². The van der Waals surface area contributed by atoms with Gasteiger partial charge in [-0.05, 0) is 36.3 Å². The molecule has 0 spiro atoms. The van der Waals surface area contributed by atoms with E-state index in [0.717, 1.165) is 17.4 Å². The van der Waals surface area contributed by atoms with E-state index in [0.29, 0.717) is 16.9 Å². The number of nitrogens with zero attached hydrogens (tertiary/aromatic N) is 1. The number of nitriles is 1. The first-order valence-corrected chi connectivity index (χ1v) is 6.58. The Bertz CT molecular complexity index is 711. The molecule has 0 saturated heterocycles. The van der Waals surface area contributed by atoms with Crippen LogP contribution in [0.3, 0.4) is 0 Å². The summed E-state index contributed by atoms with van der Waals surface area (Å²) in [5.41, 5.74) is 3.07. The molecule has 0 aliphatic heterocycles. The Balaban J connectivity index is 2.16. The van der Waals surface area contributed by atoms with E-state index in [1.54, 1.807) is 30.3 Å². The summed E-state index contributed by atoms with van der Waals surface area (Å²) in [6.45, 7) is 2.12. The third-order valence-electron chi connectivity index (χ3n) is 3.09. The van der Waals surface area contributed by atoms with Gasteiger partial charge in [-0.2, -0.15) is 5.26 Å². The molecule has 2 rings (SSSR count). The van der Waals surface area contributed by atoms with Gasteiger partial charge in [0.15, 0.2) is 6.29 Å². The molecule has 0 radical (unpaired) electrons. The number of aryl methyl sites for hydroxylation is 1. The second-order valence-corrected chi connectivity index (χ2v) is 4.58. The van der Waals surface area contributed by atoms with Crippen LogP contribution >= 0.6 is 0 Å². The highest BCUT2D eigenvalue weighted by atomic mass is 16.5. The molecule has 0 aromatic heterocycles. The summed E-state index contributed by atoms with van der Waals surface area (Å²) in [6, 6.07) is 16.9. The Hall–Kier alpha value is -2.86. The second-order valence-electron chi connectivity index (χ2n) is 4.58. The molecular formula is C18H15NO2. The van der Waals surface area contributed by atoms with E-state index < -0.39 is 0 Å². The summed E-state index contributed by atoms with van der Waals surface area (Å²) in [7, 11) is 0. The molecule has 0 saturated carbocycles. The lowest BCUT2D eigenvalue weighted by atomic mass is 10.1. The summed E-state index contributed by atoms with van der Waals surface area (Å²) >= 11 is 0. The van der Waals surface area contributed by atoms with Crippen LogP contribution in [0.15, 0.2) is 54.1 Å². The minimum Gasteiger partial charge on any atom is -0.487 e. The highest BCUT2D eigenvalue weighted by molar-refractivity contribution is 5.79. The Morgan fingerprint density at radius 3 is 2.48 bits per heavy atom. The smallest absolute Gasteiger partial charge is 0.153 e. The highest BCUT2D eigenvalue weighted by Crippen LogP contribution is 2.17. The molecule has 0 N–H and O–H groups in total. The van der Waals surface area contributed by atoms with Gasteiger partial charge in [-0.15, -0.1) is 0 Å². The SMILES string of the molecule is Cc1ccccc1/C=C(\C#N)COc1ccccc1C=O. The normalized spacial score (nSPS) is 10.8. The van der Waals surface area contributed by atoms with Crippen molar-refractivity contribution in [2.75, 3.05) is 6.61 Å². The maximum absolute atomic E-state index is 10.9. The van der Waals surface area contributed by atoms with E-state index in [1.807, 2.05) is 31.2 Å². The van der Waals surface area contributed by atoms with Crippen LogP contribution in [0.5, 0.6) is 5.75 Å². The van der Waals surface area contributed by atoms with E-state index in [9.17, 15) is 10.1 Å². The quantitative estimate of drug-likeness (QED) is 0.617. The van der Waals surface area contributed by atoms with Crippen LogP contribution in [0.1, 0.15) is 21.5 Å². The molecule has 0 bridgehead atoms. The van der Waals surface area contributed by atoms with Crippen molar-refractivity contribution in [3.63, 3.8) is 0 Å². The number of hydrogen-bond donors (Lipinski definition) is 0. The van der Waals surface area contributed by atoms with Crippen LogP contribution in [0.25, 0.3) is 6.08 Å². The molecule has 0 amide bonds. The van der Waals surface area contributed by atoms with Crippen LogP contribution in [0, 0.1) is 18.3 Å². The van der Waals surface area contributed by atoms with Crippen molar-refractivity contribution in [3.05, 3.63) is 70.8 Å². The molecule has 0 aliphatic rings. The van der Waals surface area contributed by atoms with Crippen LogP contribution in [0.2, 0.25) is 0 Å². The number of rotatable bonds is 5. The van der Waals surface area contributed by atoms with Crippen LogP contribution in [-0.4, -0.2) is 12.9 Å².